The van der Waals surface area contributed by atoms with E-state index in [1.54, 1.807) is 78.9 Å². The highest BCUT2D eigenvalue weighted by Gasteiger charge is 2.22. The lowest BCUT2D eigenvalue weighted by molar-refractivity contribution is -0.145. The topological polar surface area (TPSA) is 68.2 Å². The first kappa shape index (κ1) is 28.3. The summed E-state index contributed by atoms with van der Waals surface area (Å²) in [5.74, 6) is -0.818. The van der Waals surface area contributed by atoms with Crippen LogP contribution in [0.3, 0.4) is 0 Å². The summed E-state index contributed by atoms with van der Waals surface area (Å²) in [6.07, 6.45) is -1.21. The van der Waals surface area contributed by atoms with Crippen molar-refractivity contribution in [3.8, 4) is 17.2 Å². The Morgan fingerprint density at radius 1 is 0.650 bits per heavy atom. The Balaban J connectivity index is 1.59. The Hall–Kier alpha value is -4.73. The maximum Gasteiger partial charge on any atom is 0.387 e. The molecule has 0 aliphatic carbocycles. The molecule has 4 rings (SSSR count). The molecule has 0 spiro atoms. The molecule has 10 heteroatoms. The lowest BCUT2D eigenvalue weighted by Gasteiger charge is -2.26. The molecule has 0 saturated carbocycles. The van der Waals surface area contributed by atoms with Gasteiger partial charge in [0.05, 0.1) is 0 Å². The van der Waals surface area contributed by atoms with Crippen LogP contribution in [0.4, 0.5) is 23.2 Å². The molecule has 0 amide bonds. The second-order valence-corrected chi connectivity index (χ2v) is 8.65. The molecule has 6 nitrogen and oxygen atoms in total. The van der Waals surface area contributed by atoms with Crippen molar-refractivity contribution >= 4 is 11.7 Å². The normalized spacial score (nSPS) is 11.8. The molecule has 1 atom stereocenters. The third kappa shape index (κ3) is 8.13. The van der Waals surface area contributed by atoms with E-state index in [1.165, 1.54) is 24.3 Å². The summed E-state index contributed by atoms with van der Waals surface area (Å²) in [6.45, 7) is -5.44. The SMILES string of the molecule is O=C(O)C(Oc1ccc(N(Cc2cccc(OC(F)F)c2)Cc2cccc(OC(F)F)c2)cc1)c1ccccc1. The Labute approximate surface area is 228 Å². The molecule has 0 bridgehead atoms. The minimum absolute atomic E-state index is 0.00385. The molecule has 1 N–H and O–H groups in total. The summed E-state index contributed by atoms with van der Waals surface area (Å²) in [5, 5.41) is 9.67. The Kier molecular flexibility index (Phi) is 9.45. The van der Waals surface area contributed by atoms with Crippen LogP contribution in [0.25, 0.3) is 0 Å². The molecule has 40 heavy (non-hydrogen) atoms. The molecule has 4 aromatic rings. The van der Waals surface area contributed by atoms with Crippen LogP contribution in [-0.4, -0.2) is 24.3 Å². The first-order chi connectivity index (χ1) is 19.3. The largest absolute Gasteiger partial charge is 0.478 e. The van der Waals surface area contributed by atoms with E-state index in [9.17, 15) is 27.5 Å². The van der Waals surface area contributed by atoms with Gasteiger partial charge in [0, 0.05) is 24.3 Å². The molecule has 0 aromatic heterocycles. The van der Waals surface area contributed by atoms with Crippen molar-refractivity contribution in [3.63, 3.8) is 0 Å². The number of alkyl halides is 4. The molecule has 0 heterocycles. The number of hydrogen-bond acceptors (Lipinski definition) is 5. The zero-order valence-electron chi connectivity index (χ0n) is 21.0. The smallest absolute Gasteiger partial charge is 0.387 e. The van der Waals surface area contributed by atoms with Crippen molar-refractivity contribution in [2.24, 2.45) is 0 Å². The van der Waals surface area contributed by atoms with E-state index in [4.69, 9.17) is 4.74 Å². The molecule has 0 aliphatic heterocycles. The van der Waals surface area contributed by atoms with E-state index in [0.29, 0.717) is 28.1 Å². The van der Waals surface area contributed by atoms with Gasteiger partial charge in [0.15, 0.2) is 0 Å². The summed E-state index contributed by atoms with van der Waals surface area (Å²) in [6, 6.07) is 27.7. The standard InChI is InChI=1S/C30H25F4NO5/c31-29(32)39-25-10-4-6-20(16-25)18-35(19-21-7-5-11-26(17-21)40-30(33)34)23-12-14-24(15-13-23)38-27(28(36)37)22-8-2-1-3-9-22/h1-17,27,29-30H,18-19H2,(H,36,37). The Bertz CT molecular complexity index is 1330. The minimum atomic E-state index is -2.97. The van der Waals surface area contributed by atoms with Crippen molar-refractivity contribution < 1.29 is 41.7 Å². The summed E-state index contributed by atoms with van der Waals surface area (Å²) in [5.41, 5.74) is 2.48. The number of benzene rings is 4. The summed E-state index contributed by atoms with van der Waals surface area (Å²) in [4.78, 5) is 13.7. The monoisotopic (exact) mass is 555 g/mol. The van der Waals surface area contributed by atoms with Gasteiger partial charge in [-0.2, -0.15) is 17.6 Å². The third-order valence-electron chi connectivity index (χ3n) is 5.78. The lowest BCUT2D eigenvalue weighted by Crippen LogP contribution is -2.22. The quantitative estimate of drug-likeness (QED) is 0.175. The number of rotatable bonds is 13. The van der Waals surface area contributed by atoms with E-state index >= 15 is 0 Å². The maximum absolute atomic E-state index is 12.7. The highest BCUT2D eigenvalue weighted by molar-refractivity contribution is 5.74. The van der Waals surface area contributed by atoms with E-state index in [1.807, 2.05) is 4.90 Å². The third-order valence-corrected chi connectivity index (χ3v) is 5.78. The van der Waals surface area contributed by atoms with Crippen molar-refractivity contribution in [3.05, 3.63) is 120 Å². The highest BCUT2D eigenvalue weighted by Crippen LogP contribution is 2.28. The summed E-state index contributed by atoms with van der Waals surface area (Å²) >= 11 is 0. The fourth-order valence-electron chi connectivity index (χ4n) is 4.08. The zero-order chi connectivity index (χ0) is 28.5. The number of carboxylic acid groups (broad SMARTS) is 1. The van der Waals surface area contributed by atoms with Gasteiger partial charge >= 0.3 is 19.2 Å². The Morgan fingerprint density at radius 2 is 1.18 bits per heavy atom. The number of anilines is 1. The molecule has 4 aromatic carbocycles. The van der Waals surface area contributed by atoms with Crippen LogP contribution in [0.1, 0.15) is 22.8 Å². The molecule has 0 saturated heterocycles. The molecular weight excluding hydrogens is 530 g/mol. The van der Waals surface area contributed by atoms with Crippen LogP contribution >= 0.6 is 0 Å². The van der Waals surface area contributed by atoms with Crippen molar-refractivity contribution in [2.75, 3.05) is 4.90 Å². The molecule has 208 valence electrons. The minimum Gasteiger partial charge on any atom is -0.478 e. The number of aliphatic carboxylic acids is 1. The molecule has 0 aliphatic rings. The van der Waals surface area contributed by atoms with Gasteiger partial charge in [-0.15, -0.1) is 0 Å². The first-order valence-corrected chi connectivity index (χ1v) is 12.1. The average Bonchev–Trinajstić information content (AvgIpc) is 2.92. The van der Waals surface area contributed by atoms with E-state index in [0.717, 1.165) is 0 Å². The van der Waals surface area contributed by atoms with Crippen LogP contribution in [0.2, 0.25) is 0 Å². The van der Waals surface area contributed by atoms with Gasteiger partial charge in [-0.25, -0.2) is 4.79 Å². The number of hydrogen-bond donors (Lipinski definition) is 1. The fourth-order valence-corrected chi connectivity index (χ4v) is 4.08. The van der Waals surface area contributed by atoms with Gasteiger partial charge < -0.3 is 24.2 Å². The van der Waals surface area contributed by atoms with Crippen LogP contribution in [0, 0.1) is 0 Å². The van der Waals surface area contributed by atoms with Crippen LogP contribution in [0.5, 0.6) is 17.2 Å². The fraction of sp³-hybridized carbons (Fsp3) is 0.167. The molecule has 1 unspecified atom stereocenters. The number of carboxylic acids is 1. The number of ether oxygens (including phenoxy) is 3. The maximum atomic E-state index is 12.7. The predicted molar refractivity (Wildman–Crippen MR) is 140 cm³/mol. The van der Waals surface area contributed by atoms with Crippen LogP contribution in [-0.2, 0) is 17.9 Å². The van der Waals surface area contributed by atoms with Crippen molar-refractivity contribution in [1.29, 1.82) is 0 Å². The number of carbonyl (C=O) groups is 1. The van der Waals surface area contributed by atoms with Gasteiger partial charge in [0.2, 0.25) is 6.10 Å². The van der Waals surface area contributed by atoms with Crippen LogP contribution in [0.15, 0.2) is 103 Å². The second kappa shape index (κ2) is 13.4. The van der Waals surface area contributed by atoms with E-state index in [-0.39, 0.29) is 24.6 Å². The summed E-state index contributed by atoms with van der Waals surface area (Å²) in [7, 11) is 0. The lowest BCUT2D eigenvalue weighted by atomic mass is 10.1. The highest BCUT2D eigenvalue weighted by atomic mass is 19.3. The van der Waals surface area contributed by atoms with Crippen LogP contribution < -0.4 is 19.1 Å². The van der Waals surface area contributed by atoms with Gasteiger partial charge in [-0.1, -0.05) is 54.6 Å². The van der Waals surface area contributed by atoms with Gasteiger partial charge in [-0.05, 0) is 59.7 Å². The van der Waals surface area contributed by atoms with E-state index in [2.05, 4.69) is 9.47 Å². The molecule has 0 fully saturated rings. The molecular formula is C30H25F4NO5. The van der Waals surface area contributed by atoms with Crippen molar-refractivity contribution in [2.45, 2.75) is 32.4 Å². The van der Waals surface area contributed by atoms with Gasteiger partial charge in [0.1, 0.15) is 17.2 Å². The Morgan fingerprint density at radius 3 is 1.65 bits per heavy atom. The number of nitrogens with zero attached hydrogens (tertiary/aromatic N) is 1. The van der Waals surface area contributed by atoms with E-state index < -0.39 is 25.3 Å². The second-order valence-electron chi connectivity index (χ2n) is 8.65. The van der Waals surface area contributed by atoms with Gasteiger partial charge in [0.25, 0.3) is 0 Å². The first-order valence-electron chi connectivity index (χ1n) is 12.1. The predicted octanol–water partition coefficient (Wildman–Crippen LogP) is 7.30. The van der Waals surface area contributed by atoms with Crippen molar-refractivity contribution in [1.82, 2.24) is 0 Å². The number of halogens is 4. The zero-order valence-corrected chi connectivity index (χ0v) is 21.0. The average molecular weight is 556 g/mol. The summed E-state index contributed by atoms with van der Waals surface area (Å²) < 4.78 is 65.7. The molecule has 0 radical (unpaired) electrons. The van der Waals surface area contributed by atoms with Gasteiger partial charge in [-0.3, -0.25) is 0 Å².